The molecule has 0 saturated heterocycles. The first kappa shape index (κ1) is 32.4. The molecule has 0 radical (unpaired) electrons. The van der Waals surface area contributed by atoms with Gasteiger partial charge in [0.25, 0.3) is 0 Å². The maximum atomic E-state index is 13.1. The van der Waals surface area contributed by atoms with Gasteiger partial charge in [-0.15, -0.1) is 0 Å². The standard InChI is InChI=1S/C30H51O3P/c1-23(17-15-18-24(2)29(9,10)11)26(25(30(12,13)14)19-21-28(6,7)8)33-34(31,32)22-16-20-27(3,4)5/h15-16,18-21H,1-2,17,22H2,3-14H3,(H,31,32)/b18-15+,20-16-,21-19+,26-25-. The maximum absolute atomic E-state index is 13.1. The van der Waals surface area contributed by atoms with E-state index in [4.69, 9.17) is 4.52 Å². The summed E-state index contributed by atoms with van der Waals surface area (Å²) in [5, 5.41) is 0. The van der Waals surface area contributed by atoms with Gasteiger partial charge in [-0.25, -0.2) is 4.57 Å². The quantitative estimate of drug-likeness (QED) is 0.151. The Hall–Kier alpha value is -1.57. The van der Waals surface area contributed by atoms with Crippen LogP contribution in [0.25, 0.3) is 0 Å². The Morgan fingerprint density at radius 3 is 1.71 bits per heavy atom. The molecule has 0 amide bonds. The second-order valence-electron chi connectivity index (χ2n) is 13.4. The Labute approximate surface area is 211 Å². The highest BCUT2D eigenvalue weighted by molar-refractivity contribution is 7.53. The Morgan fingerprint density at radius 2 is 1.29 bits per heavy atom. The third-order valence-electron chi connectivity index (χ3n) is 4.96. The van der Waals surface area contributed by atoms with Gasteiger partial charge in [-0.1, -0.05) is 138 Å². The topological polar surface area (TPSA) is 46.5 Å². The van der Waals surface area contributed by atoms with Crippen LogP contribution in [0.2, 0.25) is 0 Å². The van der Waals surface area contributed by atoms with E-state index in [1.54, 1.807) is 6.08 Å². The average molecular weight is 491 g/mol. The van der Waals surface area contributed by atoms with Gasteiger partial charge >= 0.3 is 7.60 Å². The second-order valence-corrected chi connectivity index (χ2v) is 15.2. The van der Waals surface area contributed by atoms with Crippen LogP contribution >= 0.6 is 7.60 Å². The second kappa shape index (κ2) is 11.9. The van der Waals surface area contributed by atoms with Crippen LogP contribution in [-0.4, -0.2) is 11.1 Å². The molecule has 0 spiro atoms. The summed E-state index contributed by atoms with van der Waals surface area (Å²) >= 11 is 0. The van der Waals surface area contributed by atoms with Gasteiger partial charge in [0.2, 0.25) is 0 Å². The molecule has 4 heteroatoms. The summed E-state index contributed by atoms with van der Waals surface area (Å²) in [6, 6.07) is 0. The molecule has 1 unspecified atom stereocenters. The van der Waals surface area contributed by atoms with Crippen LogP contribution in [0.1, 0.15) is 89.5 Å². The summed E-state index contributed by atoms with van der Waals surface area (Å²) in [6.45, 7) is 33.5. The van der Waals surface area contributed by atoms with Crippen LogP contribution in [0.5, 0.6) is 0 Å². The van der Waals surface area contributed by atoms with Crippen molar-refractivity contribution in [3.63, 3.8) is 0 Å². The lowest BCUT2D eigenvalue weighted by Crippen LogP contribution is -2.14. The lowest BCUT2D eigenvalue weighted by atomic mass is 9.82. The molecule has 34 heavy (non-hydrogen) atoms. The highest BCUT2D eigenvalue weighted by atomic mass is 31.2. The average Bonchev–Trinajstić information content (AvgIpc) is 2.56. The zero-order chi connectivity index (χ0) is 27.2. The number of hydrogen-bond acceptors (Lipinski definition) is 2. The summed E-state index contributed by atoms with van der Waals surface area (Å²) < 4.78 is 19.0. The van der Waals surface area contributed by atoms with Crippen molar-refractivity contribution in [1.29, 1.82) is 0 Å². The summed E-state index contributed by atoms with van der Waals surface area (Å²) in [5.74, 6) is 0.397. The molecule has 0 aliphatic carbocycles. The fourth-order valence-corrected chi connectivity index (χ4v) is 3.67. The van der Waals surface area contributed by atoms with Crippen molar-refractivity contribution in [3.05, 3.63) is 72.1 Å². The van der Waals surface area contributed by atoms with E-state index in [1.807, 2.05) is 45.1 Å². The summed E-state index contributed by atoms with van der Waals surface area (Å²) in [6.07, 6.45) is 12.2. The molecule has 0 aliphatic rings. The zero-order valence-corrected chi connectivity index (χ0v) is 24.9. The zero-order valence-electron chi connectivity index (χ0n) is 24.0. The molecule has 0 aromatic rings. The van der Waals surface area contributed by atoms with Crippen molar-refractivity contribution in [3.8, 4) is 0 Å². The third kappa shape index (κ3) is 14.0. The van der Waals surface area contributed by atoms with Crippen LogP contribution in [0.4, 0.5) is 0 Å². The molecule has 3 nitrogen and oxygen atoms in total. The fourth-order valence-electron chi connectivity index (χ4n) is 2.71. The first-order valence-electron chi connectivity index (χ1n) is 12.1. The van der Waals surface area contributed by atoms with Crippen LogP contribution in [-0.2, 0) is 9.09 Å². The first-order chi connectivity index (χ1) is 14.9. The summed E-state index contributed by atoms with van der Waals surface area (Å²) in [5.41, 5.74) is 2.05. The van der Waals surface area contributed by atoms with Gasteiger partial charge in [0.05, 0.1) is 6.16 Å². The molecular formula is C30H51O3P. The Bertz CT molecular complexity index is 883. The van der Waals surface area contributed by atoms with E-state index in [9.17, 15) is 9.46 Å². The molecule has 1 N–H and O–H groups in total. The largest absolute Gasteiger partial charge is 0.424 e. The van der Waals surface area contributed by atoms with Gasteiger partial charge in [0, 0.05) is 0 Å². The van der Waals surface area contributed by atoms with E-state index in [1.165, 1.54) is 0 Å². The SMILES string of the molecule is C=C(C/C=C/C(=C)C(C)(C)C)/C(OP(=O)(O)C/C=C\C(C)(C)C)=C(\C=C\C(C)(C)C)C(C)(C)C. The molecule has 0 heterocycles. The minimum atomic E-state index is -3.94. The predicted octanol–water partition coefficient (Wildman–Crippen LogP) is 9.80. The van der Waals surface area contributed by atoms with Gasteiger partial charge in [-0.2, -0.15) is 0 Å². The van der Waals surface area contributed by atoms with E-state index in [2.05, 4.69) is 81.5 Å². The molecule has 0 saturated carbocycles. The van der Waals surface area contributed by atoms with Gasteiger partial charge in [0.1, 0.15) is 5.76 Å². The normalized spacial score (nSPS) is 16.7. The van der Waals surface area contributed by atoms with Crippen molar-refractivity contribution in [1.82, 2.24) is 0 Å². The molecule has 194 valence electrons. The van der Waals surface area contributed by atoms with Crippen molar-refractivity contribution < 1.29 is 14.0 Å². The van der Waals surface area contributed by atoms with Crippen molar-refractivity contribution in [2.45, 2.75) is 89.5 Å². The minimum Gasteiger partial charge on any atom is -0.424 e. The van der Waals surface area contributed by atoms with Crippen molar-refractivity contribution in [2.24, 2.45) is 21.7 Å². The van der Waals surface area contributed by atoms with Gasteiger partial charge < -0.3 is 9.42 Å². The lowest BCUT2D eigenvalue weighted by molar-refractivity contribution is 0.321. The summed E-state index contributed by atoms with van der Waals surface area (Å²) in [7, 11) is -3.94. The Morgan fingerprint density at radius 1 is 0.794 bits per heavy atom. The Balaban J connectivity index is 6.39. The number of rotatable bonds is 9. The van der Waals surface area contributed by atoms with Crippen molar-refractivity contribution >= 4 is 7.60 Å². The molecule has 0 fully saturated rings. The smallest absolute Gasteiger partial charge is 0.380 e. The van der Waals surface area contributed by atoms with E-state index < -0.39 is 7.60 Å². The van der Waals surface area contributed by atoms with Crippen LogP contribution < -0.4 is 0 Å². The third-order valence-corrected chi connectivity index (χ3v) is 6.10. The Kier molecular flexibility index (Phi) is 11.4. The summed E-state index contributed by atoms with van der Waals surface area (Å²) in [4.78, 5) is 10.7. The van der Waals surface area contributed by atoms with Crippen LogP contribution in [0.15, 0.2) is 72.1 Å². The lowest BCUT2D eigenvalue weighted by Gasteiger charge is -2.27. The number of hydrogen-bond donors (Lipinski definition) is 1. The van der Waals surface area contributed by atoms with Crippen LogP contribution in [0.3, 0.4) is 0 Å². The molecule has 0 bridgehead atoms. The minimum absolute atomic E-state index is 0.0286. The molecule has 0 aromatic heterocycles. The number of allylic oxidation sites excluding steroid dienone is 9. The van der Waals surface area contributed by atoms with E-state index in [0.29, 0.717) is 17.8 Å². The molecule has 1 atom stereocenters. The maximum Gasteiger partial charge on any atom is 0.380 e. The van der Waals surface area contributed by atoms with E-state index in [-0.39, 0.29) is 27.8 Å². The predicted molar refractivity (Wildman–Crippen MR) is 151 cm³/mol. The molecule has 0 aromatic carbocycles. The monoisotopic (exact) mass is 490 g/mol. The fraction of sp³-hybridized carbons (Fsp3) is 0.600. The van der Waals surface area contributed by atoms with Crippen LogP contribution in [0, 0.1) is 21.7 Å². The van der Waals surface area contributed by atoms with E-state index >= 15 is 0 Å². The molecule has 0 aliphatic heterocycles. The van der Waals surface area contributed by atoms with Crippen molar-refractivity contribution in [2.75, 3.05) is 6.16 Å². The van der Waals surface area contributed by atoms with Gasteiger partial charge in [-0.3, -0.25) is 0 Å². The first-order valence-corrected chi connectivity index (χ1v) is 13.9. The molecular weight excluding hydrogens is 439 g/mol. The highest BCUT2D eigenvalue weighted by Crippen LogP contribution is 2.48. The van der Waals surface area contributed by atoms with E-state index in [0.717, 1.165) is 11.1 Å². The molecule has 0 rings (SSSR count). The highest BCUT2D eigenvalue weighted by Gasteiger charge is 2.28. The van der Waals surface area contributed by atoms with Gasteiger partial charge in [0.15, 0.2) is 0 Å². The van der Waals surface area contributed by atoms with Gasteiger partial charge in [-0.05, 0) is 39.2 Å².